The average Bonchev–Trinajstić information content (AvgIpc) is 3.39. The Labute approximate surface area is 229 Å². The summed E-state index contributed by atoms with van der Waals surface area (Å²) in [4.78, 5) is 16.6. The number of halogens is 4. The van der Waals surface area contributed by atoms with Gasteiger partial charge in [0.25, 0.3) is 5.89 Å². The smallest absolute Gasteiger partial charge is 0.330 e. The number of nitrogens with one attached hydrogen (secondary N) is 1. The van der Waals surface area contributed by atoms with Gasteiger partial charge in [-0.3, -0.25) is 9.69 Å². The number of para-hydroxylation sites is 1. The van der Waals surface area contributed by atoms with Crippen molar-refractivity contribution in [3.8, 4) is 11.5 Å². The van der Waals surface area contributed by atoms with Gasteiger partial charge in [0, 0.05) is 16.7 Å². The molecule has 2 heterocycles. The molecule has 38 heavy (non-hydrogen) atoms. The van der Waals surface area contributed by atoms with E-state index in [1.54, 1.807) is 36.4 Å². The molecule has 1 N–H and O–H groups in total. The number of amides is 1. The standard InChI is InChI=1S/C26H21F3IN5O3/c27-19-8-7-18(24(23(19)29)31-21-9-6-16(30)14-20(21)28)25-32-33-26(38-25)35(17-4-2-1-3-5-17)22(36)15-34-10-12-37-13-11-34/h1-9,14,31H,10-13,15H2. The molecule has 1 aliphatic rings. The van der Waals surface area contributed by atoms with Crippen LogP contribution in [0.25, 0.3) is 11.5 Å². The van der Waals surface area contributed by atoms with Gasteiger partial charge in [-0.1, -0.05) is 23.3 Å². The van der Waals surface area contributed by atoms with Gasteiger partial charge >= 0.3 is 6.01 Å². The van der Waals surface area contributed by atoms with E-state index in [0.717, 1.165) is 6.07 Å². The Bertz CT molecular complexity index is 1450. The fourth-order valence-corrected chi connectivity index (χ4v) is 4.40. The van der Waals surface area contributed by atoms with Crippen LogP contribution in [0.5, 0.6) is 0 Å². The Morgan fingerprint density at radius 1 is 1.00 bits per heavy atom. The fourth-order valence-electron chi connectivity index (χ4n) is 3.95. The van der Waals surface area contributed by atoms with Gasteiger partial charge in [0.15, 0.2) is 11.6 Å². The highest BCUT2D eigenvalue weighted by atomic mass is 127. The summed E-state index contributed by atoms with van der Waals surface area (Å²) in [6.07, 6.45) is 0. The van der Waals surface area contributed by atoms with E-state index in [2.05, 4.69) is 15.5 Å². The maximum absolute atomic E-state index is 14.9. The van der Waals surface area contributed by atoms with Gasteiger partial charge in [0.05, 0.1) is 42.4 Å². The lowest BCUT2D eigenvalue weighted by atomic mass is 10.1. The van der Waals surface area contributed by atoms with E-state index < -0.39 is 17.5 Å². The normalized spacial score (nSPS) is 13.9. The van der Waals surface area contributed by atoms with Crippen LogP contribution in [0.3, 0.4) is 0 Å². The first-order valence-corrected chi connectivity index (χ1v) is 12.7. The van der Waals surface area contributed by atoms with E-state index in [1.807, 2.05) is 27.5 Å². The van der Waals surface area contributed by atoms with Crippen LogP contribution in [0.1, 0.15) is 0 Å². The Balaban J connectivity index is 1.51. The molecule has 5 rings (SSSR count). The molecule has 4 aromatic rings. The maximum atomic E-state index is 14.9. The summed E-state index contributed by atoms with van der Waals surface area (Å²) < 4.78 is 55.4. The molecule has 1 fully saturated rings. The quantitative estimate of drug-likeness (QED) is 0.269. The number of anilines is 4. The van der Waals surface area contributed by atoms with Gasteiger partial charge in [0.2, 0.25) is 5.91 Å². The minimum atomic E-state index is -1.25. The van der Waals surface area contributed by atoms with Crippen LogP contribution in [0.4, 0.5) is 36.2 Å². The molecular formula is C26H21F3IN5O3. The molecule has 0 spiro atoms. The van der Waals surface area contributed by atoms with Crippen LogP contribution in [-0.4, -0.2) is 53.9 Å². The number of nitrogens with zero attached hydrogens (tertiary/aromatic N) is 4. The lowest BCUT2D eigenvalue weighted by Crippen LogP contribution is -2.43. The number of rotatable bonds is 7. The molecule has 0 saturated carbocycles. The van der Waals surface area contributed by atoms with E-state index in [9.17, 15) is 18.0 Å². The number of aromatic nitrogens is 2. The van der Waals surface area contributed by atoms with Crippen LogP contribution in [0.2, 0.25) is 0 Å². The van der Waals surface area contributed by atoms with Gasteiger partial charge in [-0.25, -0.2) is 18.1 Å². The summed E-state index contributed by atoms with van der Waals surface area (Å²) in [7, 11) is 0. The van der Waals surface area contributed by atoms with E-state index in [0.29, 0.717) is 35.6 Å². The molecule has 12 heteroatoms. The zero-order valence-corrected chi connectivity index (χ0v) is 22.0. The molecule has 1 aromatic heterocycles. The molecule has 0 unspecified atom stereocenters. The van der Waals surface area contributed by atoms with Gasteiger partial charge in [-0.2, -0.15) is 0 Å². The van der Waals surface area contributed by atoms with Gasteiger partial charge in [-0.15, -0.1) is 5.10 Å². The number of benzene rings is 3. The summed E-state index contributed by atoms with van der Waals surface area (Å²) in [6.45, 7) is 2.33. The van der Waals surface area contributed by atoms with Crippen molar-refractivity contribution in [2.75, 3.05) is 43.1 Å². The Morgan fingerprint density at radius 3 is 2.50 bits per heavy atom. The molecule has 0 radical (unpaired) electrons. The molecule has 1 saturated heterocycles. The van der Waals surface area contributed by atoms with Crippen molar-refractivity contribution in [2.45, 2.75) is 0 Å². The van der Waals surface area contributed by atoms with Crippen molar-refractivity contribution >= 4 is 51.6 Å². The number of carbonyl (C=O) groups is 1. The summed E-state index contributed by atoms with van der Waals surface area (Å²) in [6, 6.07) is 15.0. The predicted octanol–water partition coefficient (Wildman–Crippen LogP) is 5.50. The highest BCUT2D eigenvalue weighted by molar-refractivity contribution is 14.1. The van der Waals surface area contributed by atoms with E-state index >= 15 is 0 Å². The van der Waals surface area contributed by atoms with Gasteiger partial charge < -0.3 is 14.5 Å². The molecular weight excluding hydrogens is 614 g/mol. The average molecular weight is 635 g/mol. The molecule has 0 bridgehead atoms. The summed E-state index contributed by atoms with van der Waals surface area (Å²) in [5.41, 5.74) is 0.0357. The Kier molecular flexibility index (Phi) is 7.90. The third-order valence-electron chi connectivity index (χ3n) is 5.85. The predicted molar refractivity (Wildman–Crippen MR) is 143 cm³/mol. The number of carbonyl (C=O) groups excluding carboxylic acids is 1. The molecule has 1 amide bonds. The molecule has 3 aromatic carbocycles. The third-order valence-corrected chi connectivity index (χ3v) is 6.52. The first kappa shape index (κ1) is 26.1. The summed E-state index contributed by atoms with van der Waals surface area (Å²) in [5, 5.41) is 10.6. The third kappa shape index (κ3) is 5.66. The minimum absolute atomic E-state index is 0.00533. The highest BCUT2D eigenvalue weighted by Crippen LogP contribution is 2.36. The molecule has 0 aliphatic carbocycles. The number of hydrogen-bond donors (Lipinski definition) is 1. The molecule has 8 nitrogen and oxygen atoms in total. The van der Waals surface area contributed by atoms with E-state index in [1.165, 1.54) is 23.1 Å². The number of morpholine rings is 1. The van der Waals surface area contributed by atoms with Crippen molar-refractivity contribution in [1.82, 2.24) is 15.1 Å². The van der Waals surface area contributed by atoms with E-state index in [4.69, 9.17) is 9.15 Å². The van der Waals surface area contributed by atoms with Gasteiger partial charge in [0.1, 0.15) is 5.82 Å². The second-order valence-corrected chi connectivity index (χ2v) is 9.62. The van der Waals surface area contributed by atoms with Crippen molar-refractivity contribution in [2.24, 2.45) is 0 Å². The second kappa shape index (κ2) is 11.5. The molecule has 196 valence electrons. The fraction of sp³-hybridized carbons (Fsp3) is 0.192. The van der Waals surface area contributed by atoms with Crippen molar-refractivity contribution in [1.29, 1.82) is 0 Å². The minimum Gasteiger partial charge on any atom is -0.403 e. The Morgan fingerprint density at radius 2 is 1.76 bits per heavy atom. The lowest BCUT2D eigenvalue weighted by molar-refractivity contribution is -0.120. The second-order valence-electron chi connectivity index (χ2n) is 8.38. The first-order valence-electron chi connectivity index (χ1n) is 11.6. The van der Waals surface area contributed by atoms with Crippen LogP contribution >= 0.6 is 22.6 Å². The lowest BCUT2D eigenvalue weighted by Gasteiger charge is -2.28. The van der Waals surface area contributed by atoms with Crippen LogP contribution < -0.4 is 10.2 Å². The monoisotopic (exact) mass is 635 g/mol. The van der Waals surface area contributed by atoms with Crippen LogP contribution in [0, 0.1) is 21.0 Å². The zero-order chi connectivity index (χ0) is 26.6. The maximum Gasteiger partial charge on any atom is 0.330 e. The zero-order valence-electron chi connectivity index (χ0n) is 19.8. The van der Waals surface area contributed by atoms with E-state index in [-0.39, 0.29) is 41.3 Å². The first-order chi connectivity index (χ1) is 18.4. The summed E-state index contributed by atoms with van der Waals surface area (Å²) >= 11 is 1.94. The number of hydrogen-bond acceptors (Lipinski definition) is 7. The summed E-state index contributed by atoms with van der Waals surface area (Å²) in [5.74, 6) is -3.55. The SMILES string of the molecule is O=C(CN1CCOCC1)N(c1ccccc1)c1nnc(-c2ccc(F)c(F)c2Nc2ccc(I)cc2F)o1. The number of ether oxygens (including phenoxy) is 1. The molecule has 1 aliphatic heterocycles. The topological polar surface area (TPSA) is 83.7 Å². The van der Waals surface area contributed by atoms with Crippen LogP contribution in [0.15, 0.2) is 65.1 Å². The van der Waals surface area contributed by atoms with Gasteiger partial charge in [-0.05, 0) is 65.1 Å². The van der Waals surface area contributed by atoms with Crippen molar-refractivity contribution in [3.05, 3.63) is 81.7 Å². The highest BCUT2D eigenvalue weighted by Gasteiger charge is 2.28. The molecule has 0 atom stereocenters. The Hall–Kier alpha value is -3.49. The van der Waals surface area contributed by atoms with Crippen LogP contribution in [-0.2, 0) is 9.53 Å². The van der Waals surface area contributed by atoms with Crippen molar-refractivity contribution < 1.29 is 27.1 Å². The van der Waals surface area contributed by atoms with Crippen molar-refractivity contribution in [3.63, 3.8) is 0 Å². The largest absolute Gasteiger partial charge is 0.403 e.